The lowest BCUT2D eigenvalue weighted by molar-refractivity contribution is 0.803. The van der Waals surface area contributed by atoms with Gasteiger partial charge in [0.2, 0.25) is 0 Å². The van der Waals surface area contributed by atoms with Crippen molar-refractivity contribution >= 4 is 16.1 Å². The van der Waals surface area contributed by atoms with Crippen LogP contribution in [0.4, 0.5) is 0 Å². The van der Waals surface area contributed by atoms with Crippen LogP contribution in [0.2, 0.25) is 36.9 Å². The monoisotopic (exact) mass is 231 g/mol. The molecule has 0 aliphatic carbocycles. The van der Waals surface area contributed by atoms with E-state index in [1.165, 1.54) is 12.2 Å². The molecule has 0 aliphatic heterocycles. The summed E-state index contributed by atoms with van der Waals surface area (Å²) in [4.78, 5) is 0. The second-order valence-electron chi connectivity index (χ2n) is 6.32. The predicted octanol–water partition coefficient (Wildman–Crippen LogP) is 3.50. The zero-order valence-corrected chi connectivity index (χ0v) is 13.4. The van der Waals surface area contributed by atoms with Crippen molar-refractivity contribution in [1.29, 1.82) is 0 Å². The maximum absolute atomic E-state index is 3.42. The van der Waals surface area contributed by atoms with Gasteiger partial charge in [0.15, 0.2) is 0 Å². The van der Waals surface area contributed by atoms with Crippen molar-refractivity contribution in [3.05, 3.63) is 0 Å². The molecule has 86 valence electrons. The van der Waals surface area contributed by atoms with Gasteiger partial charge in [-0.3, -0.25) is 0 Å². The van der Waals surface area contributed by atoms with Crippen LogP contribution in [0.1, 0.15) is 20.8 Å². The van der Waals surface area contributed by atoms with Gasteiger partial charge in [-0.2, -0.15) is 0 Å². The van der Waals surface area contributed by atoms with Crippen LogP contribution in [0, 0.1) is 0 Å². The molecule has 0 aromatic heterocycles. The first kappa shape index (κ1) is 14.4. The molecule has 0 spiro atoms. The molecule has 1 nitrogen and oxygen atoms in total. The lowest BCUT2D eigenvalue weighted by Gasteiger charge is -2.50. The summed E-state index contributed by atoms with van der Waals surface area (Å²) >= 11 is 0. The summed E-state index contributed by atoms with van der Waals surface area (Å²) < 4.78 is 0.609. The Hall–Kier alpha value is 0.394. The van der Waals surface area contributed by atoms with Gasteiger partial charge in [-0.15, -0.1) is 0 Å². The number of hydrogen-bond acceptors (Lipinski definition) is 1. The van der Waals surface area contributed by atoms with E-state index in [0.717, 1.165) is 0 Å². The predicted molar refractivity (Wildman–Crippen MR) is 73.4 cm³/mol. The number of nitrogens with one attached hydrogen (secondary N) is 1. The third-order valence-corrected chi connectivity index (χ3v) is 18.3. The molecule has 1 N–H and O–H groups in total. The van der Waals surface area contributed by atoms with E-state index in [2.05, 4.69) is 59.3 Å². The van der Waals surface area contributed by atoms with E-state index in [9.17, 15) is 0 Å². The van der Waals surface area contributed by atoms with Crippen molar-refractivity contribution in [2.24, 2.45) is 0 Å². The van der Waals surface area contributed by atoms with E-state index in [4.69, 9.17) is 0 Å². The third kappa shape index (κ3) is 2.50. The van der Waals surface area contributed by atoms with Gasteiger partial charge in [0.05, 0.1) is 8.07 Å². The van der Waals surface area contributed by atoms with Crippen molar-refractivity contribution in [3.8, 4) is 0 Å². The highest BCUT2D eigenvalue weighted by atomic mass is 28.4. The summed E-state index contributed by atoms with van der Waals surface area (Å²) in [5.41, 5.74) is 0. The Labute approximate surface area is 92.7 Å². The van der Waals surface area contributed by atoms with E-state index in [0.29, 0.717) is 4.66 Å². The van der Waals surface area contributed by atoms with Crippen molar-refractivity contribution < 1.29 is 0 Å². The van der Waals surface area contributed by atoms with Gasteiger partial charge in [-0.1, -0.05) is 53.0 Å². The van der Waals surface area contributed by atoms with E-state index in [1.54, 1.807) is 0 Å². The Morgan fingerprint density at radius 1 is 1.07 bits per heavy atom. The first-order valence-corrected chi connectivity index (χ1v) is 12.2. The van der Waals surface area contributed by atoms with Crippen LogP contribution in [0.3, 0.4) is 0 Å². The second-order valence-corrected chi connectivity index (χ2v) is 18.0. The molecule has 0 saturated carbocycles. The van der Waals surface area contributed by atoms with Gasteiger partial charge in [0.25, 0.3) is 0 Å². The summed E-state index contributed by atoms with van der Waals surface area (Å²) in [6, 6.07) is 1.39. The number of hydrogen-bond donors (Lipinski definition) is 1. The summed E-state index contributed by atoms with van der Waals surface area (Å²) in [5, 5.41) is 3.42. The van der Waals surface area contributed by atoms with Crippen LogP contribution in [0.5, 0.6) is 0 Å². The molecule has 0 aromatic rings. The topological polar surface area (TPSA) is 12.0 Å². The molecule has 1 atom stereocenters. The van der Waals surface area contributed by atoms with Crippen LogP contribution in [0.25, 0.3) is 0 Å². The normalized spacial score (nSPS) is 18.0. The maximum Gasteiger partial charge on any atom is 0.0683 e. The quantitative estimate of drug-likeness (QED) is 0.714. The van der Waals surface area contributed by atoms with Crippen molar-refractivity contribution in [3.63, 3.8) is 0 Å². The van der Waals surface area contributed by atoms with E-state index < -0.39 is 16.1 Å². The summed E-state index contributed by atoms with van der Waals surface area (Å²) in [6.45, 7) is 17.5. The first-order valence-electron chi connectivity index (χ1n) is 5.77. The van der Waals surface area contributed by atoms with Crippen molar-refractivity contribution in [2.75, 3.05) is 13.2 Å². The van der Waals surface area contributed by atoms with Crippen LogP contribution in [-0.4, -0.2) is 29.4 Å². The molecule has 0 saturated heterocycles. The lowest BCUT2D eigenvalue weighted by atomic mass is 10.5. The standard InChI is InChI=1S/C11H29NSi2/c1-9-14(8,10-12-4)11(2,3)13(5,6)7/h12H,9-10H2,1-8H3. The largest absolute Gasteiger partial charge is 0.322 e. The van der Waals surface area contributed by atoms with Crippen molar-refractivity contribution in [2.45, 2.75) is 57.7 Å². The third-order valence-electron chi connectivity index (χ3n) is 4.73. The fourth-order valence-electron chi connectivity index (χ4n) is 2.08. The highest BCUT2D eigenvalue weighted by molar-refractivity contribution is 6.99. The Kier molecular flexibility index (Phi) is 4.62. The molecule has 0 aliphatic rings. The second kappa shape index (κ2) is 4.50. The van der Waals surface area contributed by atoms with Crippen LogP contribution < -0.4 is 5.32 Å². The van der Waals surface area contributed by atoms with Gasteiger partial charge in [0, 0.05) is 8.07 Å². The van der Waals surface area contributed by atoms with Crippen molar-refractivity contribution in [1.82, 2.24) is 5.32 Å². The van der Waals surface area contributed by atoms with E-state index in [1.807, 2.05) is 0 Å². The van der Waals surface area contributed by atoms with E-state index >= 15 is 0 Å². The molecule has 0 amide bonds. The smallest absolute Gasteiger partial charge is 0.0683 e. The lowest BCUT2D eigenvalue weighted by Crippen LogP contribution is -2.58. The Bertz CT molecular complexity index is 184. The zero-order valence-electron chi connectivity index (χ0n) is 11.4. The van der Waals surface area contributed by atoms with Crippen LogP contribution in [0.15, 0.2) is 0 Å². The van der Waals surface area contributed by atoms with Gasteiger partial charge in [0.1, 0.15) is 0 Å². The minimum absolute atomic E-state index is 0.609. The maximum atomic E-state index is 3.42. The van der Waals surface area contributed by atoms with Gasteiger partial charge in [-0.05, 0) is 17.9 Å². The molecule has 14 heavy (non-hydrogen) atoms. The van der Waals surface area contributed by atoms with Crippen LogP contribution >= 0.6 is 0 Å². The molecule has 1 unspecified atom stereocenters. The molecule has 3 heteroatoms. The van der Waals surface area contributed by atoms with Gasteiger partial charge < -0.3 is 5.32 Å². The summed E-state index contributed by atoms with van der Waals surface area (Å²) in [5.74, 6) is 0. The minimum Gasteiger partial charge on any atom is -0.322 e. The van der Waals surface area contributed by atoms with Gasteiger partial charge >= 0.3 is 0 Å². The molecule has 0 bridgehead atoms. The van der Waals surface area contributed by atoms with E-state index in [-0.39, 0.29) is 0 Å². The average Bonchev–Trinajstić information content (AvgIpc) is 2.02. The molecule has 0 radical (unpaired) electrons. The van der Waals surface area contributed by atoms with Crippen LogP contribution in [-0.2, 0) is 0 Å². The first-order chi connectivity index (χ1) is 6.12. The average molecular weight is 232 g/mol. The Morgan fingerprint density at radius 3 is 1.71 bits per heavy atom. The fraction of sp³-hybridized carbons (Fsp3) is 1.00. The zero-order chi connectivity index (χ0) is 11.6. The minimum atomic E-state index is -1.14. The molecule has 0 fully saturated rings. The number of rotatable bonds is 5. The Balaban J connectivity index is 5.00. The molecular weight excluding hydrogens is 202 g/mol. The van der Waals surface area contributed by atoms with Gasteiger partial charge in [-0.25, -0.2) is 0 Å². The summed E-state index contributed by atoms with van der Waals surface area (Å²) in [7, 11) is -0.0941. The molecular formula is C11H29NSi2. The molecule has 0 rings (SSSR count). The Morgan fingerprint density at radius 2 is 1.50 bits per heavy atom. The highest BCUT2D eigenvalue weighted by Crippen LogP contribution is 2.46. The highest BCUT2D eigenvalue weighted by Gasteiger charge is 2.48. The summed E-state index contributed by atoms with van der Waals surface area (Å²) in [6.07, 6.45) is 1.26. The molecule has 0 heterocycles. The SMILES string of the molecule is CC[Si](C)(CNC)C(C)(C)[Si](C)(C)C. The fourth-order valence-corrected chi connectivity index (χ4v) is 12.5. The molecule has 0 aromatic carbocycles.